The molecule has 0 atom stereocenters. The molecule has 10 nitrogen and oxygen atoms in total. The third-order valence-corrected chi connectivity index (χ3v) is 7.40. The maximum absolute atomic E-state index is 12.7. The number of amides is 3. The molecule has 2 aliphatic heterocycles. The average molecular weight is 474 g/mol. The van der Waals surface area contributed by atoms with Crippen molar-refractivity contribution in [1.82, 2.24) is 24.3 Å². The molecule has 3 aliphatic rings. The Morgan fingerprint density at radius 3 is 2.24 bits per heavy atom. The molecule has 10 heteroatoms. The van der Waals surface area contributed by atoms with Crippen LogP contribution in [0.15, 0.2) is 17.1 Å². The van der Waals surface area contributed by atoms with Crippen LogP contribution in [0.25, 0.3) is 0 Å². The standard InChI is InChI=1S/C24H39N7O3/c1-24(2,25)21(32)29-13-15-30(16-14-29)22(33)26-20-9-12-31(23(34)27-20)19-7-5-18(6-8-19)17-28-10-3-4-11-28/h9,12,18-19H,3-8,10-11,13-17,25H2,1-2H3,(H,26,27,33,34). The minimum absolute atomic E-state index is 0.122. The van der Waals surface area contributed by atoms with Crippen LogP contribution in [0.4, 0.5) is 10.6 Å². The Balaban J connectivity index is 1.26. The summed E-state index contributed by atoms with van der Waals surface area (Å²) in [4.78, 5) is 47.7. The minimum Gasteiger partial charge on any atom is -0.338 e. The van der Waals surface area contributed by atoms with Gasteiger partial charge in [-0.3, -0.25) is 14.7 Å². The van der Waals surface area contributed by atoms with Crippen molar-refractivity contribution in [2.45, 2.75) is 64.0 Å². The number of anilines is 1. The van der Waals surface area contributed by atoms with Gasteiger partial charge in [-0.05, 0) is 77.4 Å². The number of urea groups is 1. The Labute approximate surface area is 201 Å². The van der Waals surface area contributed by atoms with Gasteiger partial charge in [0.2, 0.25) is 5.91 Å². The molecular formula is C24H39N7O3. The van der Waals surface area contributed by atoms with Crippen LogP contribution in [0.3, 0.4) is 0 Å². The lowest BCUT2D eigenvalue weighted by Gasteiger charge is -2.37. The molecule has 0 radical (unpaired) electrons. The first-order chi connectivity index (χ1) is 16.2. The van der Waals surface area contributed by atoms with E-state index in [2.05, 4.69) is 15.2 Å². The van der Waals surface area contributed by atoms with E-state index < -0.39 is 5.54 Å². The Bertz CT molecular complexity index is 919. The third kappa shape index (κ3) is 5.96. The van der Waals surface area contributed by atoms with Crippen molar-refractivity contribution >= 4 is 17.8 Å². The molecular weight excluding hydrogens is 434 g/mol. The second kappa shape index (κ2) is 10.4. The molecule has 1 aliphatic carbocycles. The molecule has 3 amide bonds. The fourth-order valence-corrected chi connectivity index (χ4v) is 5.40. The van der Waals surface area contributed by atoms with Gasteiger partial charge in [0, 0.05) is 45.0 Å². The number of piperazine rings is 1. The molecule has 2 saturated heterocycles. The molecule has 1 saturated carbocycles. The smallest absolute Gasteiger partial charge is 0.338 e. The predicted molar refractivity (Wildman–Crippen MR) is 131 cm³/mol. The fraction of sp³-hybridized carbons (Fsp3) is 0.750. The Morgan fingerprint density at radius 1 is 1.03 bits per heavy atom. The van der Waals surface area contributed by atoms with E-state index in [-0.39, 0.29) is 29.5 Å². The summed E-state index contributed by atoms with van der Waals surface area (Å²) in [6.07, 6.45) is 8.67. The topological polar surface area (TPSA) is 117 Å². The summed E-state index contributed by atoms with van der Waals surface area (Å²) in [5, 5.41) is 2.73. The van der Waals surface area contributed by atoms with Gasteiger partial charge in [0.15, 0.2) is 0 Å². The fourth-order valence-electron chi connectivity index (χ4n) is 5.40. The lowest BCUT2D eigenvalue weighted by atomic mass is 9.85. The number of likely N-dealkylation sites (tertiary alicyclic amines) is 1. The number of nitrogens with zero attached hydrogens (tertiary/aromatic N) is 5. The first-order valence-electron chi connectivity index (χ1n) is 12.7. The van der Waals surface area contributed by atoms with Crippen LogP contribution in [0.5, 0.6) is 0 Å². The second-order valence-corrected chi connectivity index (χ2v) is 10.6. The van der Waals surface area contributed by atoms with Crippen molar-refractivity contribution in [3.63, 3.8) is 0 Å². The zero-order chi connectivity index (χ0) is 24.3. The lowest BCUT2D eigenvalue weighted by molar-refractivity contribution is -0.137. The van der Waals surface area contributed by atoms with Crippen molar-refractivity contribution in [2.75, 3.05) is 51.1 Å². The van der Waals surface area contributed by atoms with Crippen LogP contribution in [0.1, 0.15) is 58.4 Å². The molecule has 0 aromatic carbocycles. The van der Waals surface area contributed by atoms with E-state index in [0.29, 0.717) is 26.2 Å². The summed E-state index contributed by atoms with van der Waals surface area (Å²) in [5.74, 6) is 0.863. The summed E-state index contributed by atoms with van der Waals surface area (Å²) >= 11 is 0. The third-order valence-electron chi connectivity index (χ3n) is 7.40. The normalized spacial score (nSPS) is 24.3. The zero-order valence-electron chi connectivity index (χ0n) is 20.5. The molecule has 0 bridgehead atoms. The summed E-state index contributed by atoms with van der Waals surface area (Å²) in [7, 11) is 0. The molecule has 3 heterocycles. The van der Waals surface area contributed by atoms with E-state index in [1.807, 2.05) is 0 Å². The maximum atomic E-state index is 12.7. The molecule has 3 N–H and O–H groups in total. The predicted octanol–water partition coefficient (Wildman–Crippen LogP) is 1.48. The summed E-state index contributed by atoms with van der Waals surface area (Å²) in [5.41, 5.74) is 4.66. The highest BCUT2D eigenvalue weighted by molar-refractivity contribution is 5.89. The van der Waals surface area contributed by atoms with E-state index in [0.717, 1.165) is 31.6 Å². The highest BCUT2D eigenvalue weighted by atomic mass is 16.2. The van der Waals surface area contributed by atoms with Gasteiger partial charge in [-0.15, -0.1) is 0 Å². The quantitative estimate of drug-likeness (QED) is 0.669. The number of hydrogen-bond acceptors (Lipinski definition) is 6. The Morgan fingerprint density at radius 2 is 1.65 bits per heavy atom. The molecule has 4 rings (SSSR count). The second-order valence-electron chi connectivity index (χ2n) is 10.6. The number of carbonyl (C=O) groups excluding carboxylic acids is 2. The van der Waals surface area contributed by atoms with Crippen LogP contribution in [0.2, 0.25) is 0 Å². The first kappa shape index (κ1) is 24.7. The number of nitrogens with one attached hydrogen (secondary N) is 1. The van der Waals surface area contributed by atoms with Crippen LogP contribution in [0, 0.1) is 5.92 Å². The zero-order valence-corrected chi connectivity index (χ0v) is 20.5. The molecule has 3 fully saturated rings. The van der Waals surface area contributed by atoms with Crippen molar-refractivity contribution in [3.8, 4) is 0 Å². The van der Waals surface area contributed by atoms with E-state index in [1.165, 1.54) is 32.5 Å². The van der Waals surface area contributed by atoms with E-state index in [9.17, 15) is 14.4 Å². The monoisotopic (exact) mass is 473 g/mol. The van der Waals surface area contributed by atoms with Gasteiger partial charge >= 0.3 is 11.7 Å². The summed E-state index contributed by atoms with van der Waals surface area (Å²) < 4.78 is 1.72. The van der Waals surface area contributed by atoms with Gasteiger partial charge < -0.3 is 20.4 Å². The largest absolute Gasteiger partial charge is 0.349 e. The van der Waals surface area contributed by atoms with Crippen LogP contribution < -0.4 is 16.7 Å². The maximum Gasteiger partial charge on any atom is 0.349 e. The SMILES string of the molecule is CC(C)(N)C(=O)N1CCN(C(=O)Nc2ccn(C3CCC(CN4CCCC4)CC3)c(=O)n2)CC1. The molecule has 0 spiro atoms. The van der Waals surface area contributed by atoms with Gasteiger partial charge in [0.1, 0.15) is 5.82 Å². The van der Waals surface area contributed by atoms with Gasteiger partial charge in [0.25, 0.3) is 0 Å². The lowest BCUT2D eigenvalue weighted by Crippen LogP contribution is -2.58. The molecule has 188 valence electrons. The van der Waals surface area contributed by atoms with Crippen molar-refractivity contribution in [3.05, 3.63) is 22.7 Å². The molecule has 0 unspecified atom stereocenters. The van der Waals surface area contributed by atoms with E-state index in [1.54, 1.807) is 40.5 Å². The first-order valence-corrected chi connectivity index (χ1v) is 12.7. The average Bonchev–Trinajstić information content (AvgIpc) is 3.32. The van der Waals surface area contributed by atoms with Gasteiger partial charge in [-0.1, -0.05) is 0 Å². The minimum atomic E-state index is -0.925. The highest BCUT2D eigenvalue weighted by Gasteiger charge is 2.31. The van der Waals surface area contributed by atoms with Gasteiger partial charge in [-0.2, -0.15) is 4.98 Å². The molecule has 1 aromatic rings. The van der Waals surface area contributed by atoms with Crippen molar-refractivity contribution in [1.29, 1.82) is 0 Å². The number of carbonyl (C=O) groups is 2. The van der Waals surface area contributed by atoms with Crippen LogP contribution in [-0.2, 0) is 4.79 Å². The highest BCUT2D eigenvalue weighted by Crippen LogP contribution is 2.32. The van der Waals surface area contributed by atoms with Gasteiger partial charge in [-0.25, -0.2) is 9.59 Å². The number of aromatic nitrogens is 2. The Hall–Kier alpha value is -2.46. The van der Waals surface area contributed by atoms with E-state index >= 15 is 0 Å². The van der Waals surface area contributed by atoms with E-state index in [4.69, 9.17) is 5.73 Å². The summed E-state index contributed by atoms with van der Waals surface area (Å²) in [6, 6.07) is 1.56. The number of rotatable bonds is 5. The number of nitrogens with two attached hydrogens (primary N) is 1. The number of hydrogen-bond donors (Lipinski definition) is 2. The van der Waals surface area contributed by atoms with Crippen LogP contribution >= 0.6 is 0 Å². The van der Waals surface area contributed by atoms with Crippen molar-refractivity contribution in [2.24, 2.45) is 11.7 Å². The Kier molecular flexibility index (Phi) is 7.57. The van der Waals surface area contributed by atoms with Crippen LogP contribution in [-0.4, -0.2) is 87.5 Å². The summed E-state index contributed by atoms with van der Waals surface area (Å²) in [6.45, 7) is 8.70. The van der Waals surface area contributed by atoms with Gasteiger partial charge in [0.05, 0.1) is 5.54 Å². The van der Waals surface area contributed by atoms with Crippen molar-refractivity contribution < 1.29 is 9.59 Å². The molecule has 1 aromatic heterocycles. The molecule has 34 heavy (non-hydrogen) atoms.